The predicted molar refractivity (Wildman–Crippen MR) is 134 cm³/mol. The zero-order chi connectivity index (χ0) is 22.6. The molecule has 3 aromatic rings. The minimum Gasteiger partial charge on any atom is -0.478 e. The summed E-state index contributed by atoms with van der Waals surface area (Å²) >= 11 is 6.39. The van der Waals surface area contributed by atoms with Gasteiger partial charge in [0, 0.05) is 60.1 Å². The number of fused-ring (bicyclic) bond motifs is 2. The molecule has 1 N–H and O–H groups in total. The number of pyridine rings is 1. The van der Waals surface area contributed by atoms with E-state index in [9.17, 15) is 4.79 Å². The van der Waals surface area contributed by atoms with E-state index in [4.69, 9.17) is 16.3 Å². The van der Waals surface area contributed by atoms with E-state index in [0.29, 0.717) is 24.7 Å². The first kappa shape index (κ1) is 22.0. The highest BCUT2D eigenvalue weighted by molar-refractivity contribution is 6.35. The van der Waals surface area contributed by atoms with E-state index in [1.54, 1.807) is 0 Å². The van der Waals surface area contributed by atoms with E-state index < -0.39 is 0 Å². The van der Waals surface area contributed by atoms with Crippen molar-refractivity contribution in [1.29, 1.82) is 0 Å². The second kappa shape index (κ2) is 9.98. The van der Waals surface area contributed by atoms with E-state index in [-0.39, 0.29) is 5.91 Å². The molecular weight excluding hydrogens is 436 g/mol. The molecule has 0 bridgehead atoms. The number of hydrogen-bond donors (Lipinski definition) is 1. The largest absolute Gasteiger partial charge is 0.478 e. The minimum atomic E-state index is 0.0245. The molecule has 0 unspecified atom stereocenters. The molecule has 0 atom stereocenters. The summed E-state index contributed by atoms with van der Waals surface area (Å²) in [5.74, 6) is 1.26. The number of aromatic nitrogens is 1. The molecular formula is C26H29ClN4O2. The molecule has 3 heterocycles. The number of carbonyl (C=O) groups excluding carboxylic acids is 1. The summed E-state index contributed by atoms with van der Waals surface area (Å²) < 4.78 is 5.82. The topological polar surface area (TPSA) is 57.7 Å². The van der Waals surface area contributed by atoms with Gasteiger partial charge in [0.05, 0.1) is 6.61 Å². The monoisotopic (exact) mass is 464 g/mol. The Kier molecular flexibility index (Phi) is 6.65. The molecule has 33 heavy (non-hydrogen) atoms. The van der Waals surface area contributed by atoms with Crippen molar-refractivity contribution in [3.05, 3.63) is 59.1 Å². The molecule has 0 aliphatic carbocycles. The third-order valence-electron chi connectivity index (χ3n) is 6.51. The summed E-state index contributed by atoms with van der Waals surface area (Å²) in [6.07, 6.45) is 3.34. The third-order valence-corrected chi connectivity index (χ3v) is 6.84. The first-order chi connectivity index (χ1) is 16.2. The second-order valence-electron chi connectivity index (χ2n) is 8.70. The van der Waals surface area contributed by atoms with Crippen LogP contribution in [0.2, 0.25) is 5.02 Å². The number of anilines is 2. The highest BCUT2D eigenvalue weighted by Gasteiger charge is 2.19. The number of amides is 1. The molecule has 7 heteroatoms. The summed E-state index contributed by atoms with van der Waals surface area (Å²) in [4.78, 5) is 21.0. The number of aryl methyl sites for hydroxylation is 1. The summed E-state index contributed by atoms with van der Waals surface area (Å²) in [6.45, 7) is 5.87. The van der Waals surface area contributed by atoms with E-state index in [1.165, 1.54) is 11.1 Å². The van der Waals surface area contributed by atoms with Gasteiger partial charge in [0.15, 0.2) is 0 Å². The molecule has 172 valence electrons. The maximum Gasteiger partial charge on any atom is 0.225 e. The van der Waals surface area contributed by atoms with E-state index >= 15 is 0 Å². The molecule has 1 amide bonds. The van der Waals surface area contributed by atoms with Gasteiger partial charge in [-0.25, -0.2) is 0 Å². The number of ether oxygens (including phenoxy) is 1. The molecule has 0 saturated carbocycles. The van der Waals surface area contributed by atoms with E-state index in [1.807, 2.05) is 24.3 Å². The number of piperazine rings is 1. The Morgan fingerprint density at radius 1 is 0.939 bits per heavy atom. The minimum absolute atomic E-state index is 0.0245. The van der Waals surface area contributed by atoms with Crippen molar-refractivity contribution in [2.24, 2.45) is 0 Å². The van der Waals surface area contributed by atoms with Crippen LogP contribution < -0.4 is 15.0 Å². The van der Waals surface area contributed by atoms with Crippen LogP contribution in [0.5, 0.6) is 5.88 Å². The highest BCUT2D eigenvalue weighted by atomic mass is 35.5. The van der Waals surface area contributed by atoms with Gasteiger partial charge in [-0.3, -0.25) is 9.69 Å². The Hall–Kier alpha value is -2.83. The Bertz CT molecular complexity index is 1140. The van der Waals surface area contributed by atoms with E-state index in [2.05, 4.69) is 44.4 Å². The van der Waals surface area contributed by atoms with Crippen molar-refractivity contribution in [3.63, 3.8) is 0 Å². The zero-order valence-corrected chi connectivity index (χ0v) is 19.5. The summed E-state index contributed by atoms with van der Waals surface area (Å²) in [7, 11) is 0. The molecule has 1 saturated heterocycles. The number of halogens is 1. The second-order valence-corrected chi connectivity index (χ2v) is 9.11. The number of unbranched alkanes of at least 4 members (excludes halogenated alkanes) is 1. The lowest BCUT2D eigenvalue weighted by Gasteiger charge is -2.36. The van der Waals surface area contributed by atoms with Crippen LogP contribution in [-0.4, -0.2) is 55.1 Å². The van der Waals surface area contributed by atoms with Gasteiger partial charge in [-0.05, 0) is 49.6 Å². The predicted octanol–water partition coefficient (Wildman–Crippen LogP) is 4.75. The Balaban J connectivity index is 1.06. The standard InChI is InChI=1S/C26H29ClN4O2/c27-22-7-3-6-21-20(22)5-4-8-23(21)31-16-14-30(15-17-31)13-1-2-18-33-25-12-10-19-9-11-24(32)28-26(19)29-25/h3-8,10,12H,1-2,9,11,13-18H2,(H,28,29,32). The SMILES string of the molecule is O=C1CCc2ccc(OCCCCN3CCN(c4cccc5c(Cl)cccc45)CC3)nc2N1. The maximum atomic E-state index is 11.6. The van der Waals surface area contributed by atoms with Crippen LogP contribution in [-0.2, 0) is 11.2 Å². The van der Waals surface area contributed by atoms with Gasteiger partial charge >= 0.3 is 0 Å². The first-order valence-electron chi connectivity index (χ1n) is 11.7. The number of nitrogens with one attached hydrogen (secondary N) is 1. The first-order valence-corrected chi connectivity index (χ1v) is 12.1. The average Bonchev–Trinajstić information content (AvgIpc) is 2.84. The van der Waals surface area contributed by atoms with Crippen molar-refractivity contribution in [3.8, 4) is 5.88 Å². The van der Waals surface area contributed by atoms with Crippen LogP contribution in [0, 0.1) is 0 Å². The Labute approximate surface area is 199 Å². The van der Waals surface area contributed by atoms with Crippen LogP contribution in [0.15, 0.2) is 48.5 Å². The van der Waals surface area contributed by atoms with Gasteiger partial charge in [0.2, 0.25) is 11.8 Å². The van der Waals surface area contributed by atoms with E-state index in [0.717, 1.165) is 68.0 Å². The van der Waals surface area contributed by atoms with Crippen LogP contribution in [0.3, 0.4) is 0 Å². The van der Waals surface area contributed by atoms with Crippen LogP contribution in [0.25, 0.3) is 10.8 Å². The van der Waals surface area contributed by atoms with Crippen LogP contribution >= 0.6 is 11.6 Å². The van der Waals surface area contributed by atoms with Crippen LogP contribution in [0.4, 0.5) is 11.5 Å². The fourth-order valence-electron chi connectivity index (χ4n) is 4.66. The number of carbonyl (C=O) groups is 1. The van der Waals surface area contributed by atoms with Crippen molar-refractivity contribution < 1.29 is 9.53 Å². The number of hydrogen-bond acceptors (Lipinski definition) is 5. The van der Waals surface area contributed by atoms with Crippen molar-refractivity contribution in [2.45, 2.75) is 25.7 Å². The van der Waals surface area contributed by atoms with Gasteiger partial charge in [0.1, 0.15) is 5.82 Å². The molecule has 2 aromatic carbocycles. The zero-order valence-electron chi connectivity index (χ0n) is 18.7. The third kappa shape index (κ3) is 5.07. The molecule has 2 aliphatic heterocycles. The van der Waals surface area contributed by atoms with Crippen molar-refractivity contribution in [1.82, 2.24) is 9.88 Å². The molecule has 1 fully saturated rings. The number of rotatable bonds is 7. The van der Waals surface area contributed by atoms with Gasteiger partial charge in [-0.1, -0.05) is 35.9 Å². The Morgan fingerprint density at radius 3 is 2.64 bits per heavy atom. The van der Waals surface area contributed by atoms with Gasteiger partial charge in [-0.15, -0.1) is 0 Å². The average molecular weight is 465 g/mol. The summed E-state index contributed by atoms with van der Waals surface area (Å²) in [5, 5.41) is 5.98. The molecule has 5 rings (SSSR count). The number of nitrogens with zero attached hydrogens (tertiary/aromatic N) is 3. The molecule has 6 nitrogen and oxygen atoms in total. The smallest absolute Gasteiger partial charge is 0.225 e. The summed E-state index contributed by atoms with van der Waals surface area (Å²) in [5.41, 5.74) is 2.35. The summed E-state index contributed by atoms with van der Waals surface area (Å²) in [6, 6.07) is 16.4. The lowest BCUT2D eigenvalue weighted by Crippen LogP contribution is -2.46. The molecule has 1 aromatic heterocycles. The molecule has 0 spiro atoms. The lowest BCUT2D eigenvalue weighted by molar-refractivity contribution is -0.116. The van der Waals surface area contributed by atoms with Crippen molar-refractivity contribution in [2.75, 3.05) is 49.5 Å². The Morgan fingerprint density at radius 2 is 1.76 bits per heavy atom. The van der Waals surface area contributed by atoms with Gasteiger partial charge in [-0.2, -0.15) is 4.98 Å². The maximum absolute atomic E-state index is 11.6. The van der Waals surface area contributed by atoms with Crippen LogP contribution in [0.1, 0.15) is 24.8 Å². The fraction of sp³-hybridized carbons (Fsp3) is 0.385. The molecule has 0 radical (unpaired) electrons. The quantitative estimate of drug-likeness (QED) is 0.511. The normalized spacial score (nSPS) is 16.5. The fourth-order valence-corrected chi connectivity index (χ4v) is 4.90. The lowest BCUT2D eigenvalue weighted by atomic mass is 10.1. The molecule has 2 aliphatic rings. The number of benzene rings is 2. The van der Waals surface area contributed by atoms with Gasteiger partial charge < -0.3 is 15.0 Å². The van der Waals surface area contributed by atoms with Crippen molar-refractivity contribution >= 4 is 39.8 Å². The van der Waals surface area contributed by atoms with Gasteiger partial charge in [0.25, 0.3) is 0 Å². The highest BCUT2D eigenvalue weighted by Crippen LogP contribution is 2.31.